The largest absolute Gasteiger partial charge is 0.461 e. The number of aromatic nitrogens is 3. The fourth-order valence-electron chi connectivity index (χ4n) is 1.56. The molecule has 0 fully saturated rings. The number of hydrogen-bond acceptors (Lipinski definition) is 6. The van der Waals surface area contributed by atoms with Crippen LogP contribution in [0.1, 0.15) is 17.4 Å². The highest BCUT2D eigenvalue weighted by Crippen LogP contribution is 2.22. The van der Waals surface area contributed by atoms with Crippen molar-refractivity contribution >= 4 is 16.1 Å². The second kappa shape index (κ2) is 5.39. The van der Waals surface area contributed by atoms with Gasteiger partial charge in [0, 0.05) is 5.56 Å². The van der Waals surface area contributed by atoms with Crippen molar-refractivity contribution < 1.29 is 22.5 Å². The molecule has 8 nitrogen and oxygen atoms in total. The molecule has 0 saturated heterocycles. The fourth-order valence-corrected chi connectivity index (χ4v) is 2.04. The molecule has 0 unspecified atom stereocenters. The van der Waals surface area contributed by atoms with Gasteiger partial charge in [0.15, 0.2) is 5.69 Å². The lowest BCUT2D eigenvalue weighted by Gasteiger charge is -2.02. The maximum absolute atomic E-state index is 11.6. The van der Waals surface area contributed by atoms with Crippen LogP contribution in [0, 0.1) is 0 Å². The average Bonchev–Trinajstić information content (AvgIpc) is 2.87. The highest BCUT2D eigenvalue weighted by atomic mass is 32.2. The standard InChI is InChI=1S/C11H11N3O5S/c1-2-19-11(15)10-9(12-14-13-10)7-3-5-8(6-4-7)20(16,17)18/h3-6H,2H2,1H3,(H,12,13,14)(H,16,17,18). The second-order valence-corrected chi connectivity index (χ2v) is 5.16. The summed E-state index contributed by atoms with van der Waals surface area (Å²) >= 11 is 0. The first-order valence-corrected chi connectivity index (χ1v) is 7.03. The van der Waals surface area contributed by atoms with Gasteiger partial charge in [-0.15, -0.1) is 5.10 Å². The summed E-state index contributed by atoms with van der Waals surface area (Å²) in [7, 11) is -4.26. The summed E-state index contributed by atoms with van der Waals surface area (Å²) in [5.74, 6) is -0.630. The first-order chi connectivity index (χ1) is 9.43. The van der Waals surface area contributed by atoms with Crippen LogP contribution in [0.25, 0.3) is 11.3 Å². The molecular formula is C11H11N3O5S. The van der Waals surface area contributed by atoms with Gasteiger partial charge in [0.05, 0.1) is 11.5 Å². The predicted octanol–water partition coefficient (Wildman–Crippen LogP) is 0.895. The van der Waals surface area contributed by atoms with Gasteiger partial charge in [0.1, 0.15) is 5.69 Å². The molecule has 0 saturated carbocycles. The monoisotopic (exact) mass is 297 g/mol. The summed E-state index contributed by atoms with van der Waals surface area (Å²) in [6.45, 7) is 1.87. The zero-order chi connectivity index (χ0) is 14.8. The van der Waals surface area contributed by atoms with Gasteiger partial charge in [0.2, 0.25) is 0 Å². The van der Waals surface area contributed by atoms with Crippen LogP contribution in [0.15, 0.2) is 29.2 Å². The van der Waals surface area contributed by atoms with E-state index in [9.17, 15) is 13.2 Å². The van der Waals surface area contributed by atoms with Gasteiger partial charge in [-0.2, -0.15) is 18.7 Å². The Morgan fingerprint density at radius 1 is 1.30 bits per heavy atom. The van der Waals surface area contributed by atoms with Crippen molar-refractivity contribution in [3.63, 3.8) is 0 Å². The summed E-state index contributed by atoms with van der Waals surface area (Å²) in [4.78, 5) is 11.4. The van der Waals surface area contributed by atoms with Gasteiger partial charge in [-0.25, -0.2) is 4.79 Å². The number of aromatic amines is 1. The van der Waals surface area contributed by atoms with Crippen molar-refractivity contribution in [2.45, 2.75) is 11.8 Å². The Balaban J connectivity index is 2.38. The Morgan fingerprint density at radius 3 is 2.50 bits per heavy atom. The minimum absolute atomic E-state index is 0.00598. The summed E-state index contributed by atoms with van der Waals surface area (Å²) < 4.78 is 35.6. The Hall–Kier alpha value is -2.26. The second-order valence-electron chi connectivity index (χ2n) is 3.74. The van der Waals surface area contributed by atoms with Crippen molar-refractivity contribution in [1.82, 2.24) is 15.4 Å². The third kappa shape index (κ3) is 2.83. The van der Waals surface area contributed by atoms with E-state index in [0.717, 1.165) is 0 Å². The molecule has 0 aliphatic carbocycles. The summed E-state index contributed by atoms with van der Waals surface area (Å²) in [5, 5.41) is 9.85. The van der Waals surface area contributed by atoms with E-state index in [2.05, 4.69) is 15.4 Å². The number of nitrogens with zero attached hydrogens (tertiary/aromatic N) is 2. The number of hydrogen-bond donors (Lipinski definition) is 2. The lowest BCUT2D eigenvalue weighted by Crippen LogP contribution is -2.06. The third-order valence-electron chi connectivity index (χ3n) is 2.44. The highest BCUT2D eigenvalue weighted by Gasteiger charge is 2.19. The Kier molecular flexibility index (Phi) is 3.81. The van der Waals surface area contributed by atoms with E-state index in [4.69, 9.17) is 9.29 Å². The predicted molar refractivity (Wildman–Crippen MR) is 67.6 cm³/mol. The maximum Gasteiger partial charge on any atom is 0.361 e. The molecule has 0 spiro atoms. The van der Waals surface area contributed by atoms with E-state index in [0.29, 0.717) is 5.56 Å². The van der Waals surface area contributed by atoms with Crippen molar-refractivity contribution in [2.24, 2.45) is 0 Å². The van der Waals surface area contributed by atoms with Gasteiger partial charge in [-0.05, 0) is 19.1 Å². The summed E-state index contributed by atoms with van der Waals surface area (Å²) in [6.07, 6.45) is 0. The number of carbonyl (C=O) groups is 1. The number of H-pyrrole nitrogens is 1. The first-order valence-electron chi connectivity index (χ1n) is 5.59. The van der Waals surface area contributed by atoms with E-state index in [1.54, 1.807) is 6.92 Å². The van der Waals surface area contributed by atoms with Crippen LogP contribution in [-0.2, 0) is 14.9 Å². The van der Waals surface area contributed by atoms with Crippen LogP contribution >= 0.6 is 0 Å². The van der Waals surface area contributed by atoms with Gasteiger partial charge in [-0.1, -0.05) is 12.1 Å². The van der Waals surface area contributed by atoms with E-state index in [-0.39, 0.29) is 22.9 Å². The number of benzene rings is 1. The van der Waals surface area contributed by atoms with E-state index in [1.807, 2.05) is 0 Å². The van der Waals surface area contributed by atoms with Gasteiger partial charge < -0.3 is 4.74 Å². The lowest BCUT2D eigenvalue weighted by molar-refractivity contribution is 0.0520. The Labute approximate surface area is 114 Å². The molecular weight excluding hydrogens is 286 g/mol. The number of rotatable bonds is 4. The minimum Gasteiger partial charge on any atom is -0.461 e. The SMILES string of the molecule is CCOC(=O)c1n[nH]nc1-c1ccc(S(=O)(=O)O)cc1. The molecule has 0 aliphatic rings. The van der Waals surface area contributed by atoms with Gasteiger partial charge in [0.25, 0.3) is 10.1 Å². The van der Waals surface area contributed by atoms with Crippen molar-refractivity contribution in [2.75, 3.05) is 6.61 Å². The zero-order valence-electron chi connectivity index (χ0n) is 10.4. The molecule has 0 radical (unpaired) electrons. The molecule has 2 rings (SSSR count). The third-order valence-corrected chi connectivity index (χ3v) is 3.31. The van der Waals surface area contributed by atoms with Crippen molar-refractivity contribution in [3.05, 3.63) is 30.0 Å². The molecule has 0 aliphatic heterocycles. The normalized spacial score (nSPS) is 11.3. The lowest BCUT2D eigenvalue weighted by atomic mass is 10.1. The van der Waals surface area contributed by atoms with Crippen LogP contribution in [0.3, 0.4) is 0 Å². The molecule has 106 valence electrons. The molecule has 0 atom stereocenters. The molecule has 1 aromatic carbocycles. The van der Waals surface area contributed by atoms with Crippen LogP contribution in [0.2, 0.25) is 0 Å². The molecule has 2 N–H and O–H groups in total. The van der Waals surface area contributed by atoms with Crippen LogP contribution in [-0.4, -0.2) is 41.0 Å². The molecule has 2 aromatic rings. The molecule has 9 heteroatoms. The van der Waals surface area contributed by atoms with Crippen LogP contribution < -0.4 is 0 Å². The van der Waals surface area contributed by atoms with E-state index < -0.39 is 16.1 Å². The molecule has 1 heterocycles. The quantitative estimate of drug-likeness (QED) is 0.634. The van der Waals surface area contributed by atoms with Crippen molar-refractivity contribution in [3.8, 4) is 11.3 Å². The molecule has 1 aromatic heterocycles. The first kappa shape index (κ1) is 14.2. The van der Waals surface area contributed by atoms with E-state index >= 15 is 0 Å². The number of nitrogens with one attached hydrogen (secondary N) is 1. The van der Waals surface area contributed by atoms with Gasteiger partial charge in [-0.3, -0.25) is 4.55 Å². The summed E-state index contributed by atoms with van der Waals surface area (Å²) in [5.41, 5.74) is 0.714. The van der Waals surface area contributed by atoms with E-state index in [1.165, 1.54) is 24.3 Å². The number of carbonyl (C=O) groups excluding carboxylic acids is 1. The minimum atomic E-state index is -4.26. The Morgan fingerprint density at radius 2 is 1.95 bits per heavy atom. The van der Waals surface area contributed by atoms with Crippen LogP contribution in [0.4, 0.5) is 0 Å². The smallest absolute Gasteiger partial charge is 0.361 e. The summed E-state index contributed by atoms with van der Waals surface area (Å²) in [6, 6.07) is 5.22. The Bertz CT molecular complexity index is 721. The van der Waals surface area contributed by atoms with Crippen molar-refractivity contribution in [1.29, 1.82) is 0 Å². The highest BCUT2D eigenvalue weighted by molar-refractivity contribution is 7.85. The number of ether oxygens (including phenoxy) is 1. The van der Waals surface area contributed by atoms with Gasteiger partial charge >= 0.3 is 5.97 Å². The molecule has 20 heavy (non-hydrogen) atoms. The molecule has 0 bridgehead atoms. The average molecular weight is 297 g/mol. The fraction of sp³-hybridized carbons (Fsp3) is 0.182. The topological polar surface area (TPSA) is 122 Å². The maximum atomic E-state index is 11.6. The zero-order valence-corrected chi connectivity index (χ0v) is 11.2. The molecule has 0 amide bonds. The van der Waals surface area contributed by atoms with Crippen LogP contribution in [0.5, 0.6) is 0 Å². The number of esters is 1.